The smallest absolute Gasteiger partial charge is 0.0443 e. The zero-order valence-corrected chi connectivity index (χ0v) is 12.2. The average Bonchev–Trinajstić information content (AvgIpc) is 2.46. The molecule has 0 saturated carbocycles. The Hall–Kier alpha value is -1.80. The first kappa shape index (κ1) is 13.2. The molecule has 1 aliphatic rings. The SMILES string of the molecule is CC1Cc2ccccc2N(c2ccc([C@@H](C)N)cc2)C1. The van der Waals surface area contributed by atoms with Gasteiger partial charge in [-0.05, 0) is 48.6 Å². The Balaban J connectivity index is 1.97. The summed E-state index contributed by atoms with van der Waals surface area (Å²) in [7, 11) is 0. The van der Waals surface area contributed by atoms with Crippen molar-refractivity contribution in [2.45, 2.75) is 26.3 Å². The van der Waals surface area contributed by atoms with Crippen LogP contribution < -0.4 is 10.6 Å². The minimum atomic E-state index is 0.0941. The van der Waals surface area contributed by atoms with Crippen LogP contribution in [0, 0.1) is 5.92 Å². The van der Waals surface area contributed by atoms with E-state index in [1.165, 1.54) is 28.9 Å². The van der Waals surface area contributed by atoms with Gasteiger partial charge in [-0.3, -0.25) is 0 Å². The second kappa shape index (κ2) is 5.29. The molecule has 0 aliphatic carbocycles. The van der Waals surface area contributed by atoms with Crippen LogP contribution in [0.25, 0.3) is 0 Å². The molecule has 2 heteroatoms. The normalized spacial score (nSPS) is 19.6. The monoisotopic (exact) mass is 266 g/mol. The van der Waals surface area contributed by atoms with Gasteiger partial charge < -0.3 is 10.6 Å². The van der Waals surface area contributed by atoms with Crippen LogP contribution in [0.4, 0.5) is 11.4 Å². The Kier molecular flexibility index (Phi) is 3.49. The summed E-state index contributed by atoms with van der Waals surface area (Å²) in [4.78, 5) is 2.43. The fourth-order valence-electron chi connectivity index (χ4n) is 3.00. The van der Waals surface area contributed by atoms with Gasteiger partial charge in [-0.2, -0.15) is 0 Å². The number of hydrogen-bond acceptors (Lipinski definition) is 2. The van der Waals surface area contributed by atoms with Crippen LogP contribution in [-0.4, -0.2) is 6.54 Å². The second-order valence-corrected chi connectivity index (χ2v) is 5.93. The number of rotatable bonds is 2. The predicted molar refractivity (Wildman–Crippen MR) is 85.4 cm³/mol. The molecule has 1 heterocycles. The summed E-state index contributed by atoms with van der Waals surface area (Å²) in [5, 5.41) is 0. The van der Waals surface area contributed by atoms with E-state index < -0.39 is 0 Å². The Morgan fingerprint density at radius 1 is 1.10 bits per heavy atom. The molecule has 2 aromatic carbocycles. The van der Waals surface area contributed by atoms with Gasteiger partial charge in [0.15, 0.2) is 0 Å². The summed E-state index contributed by atoms with van der Waals surface area (Å²) in [6.07, 6.45) is 1.17. The molecule has 0 bridgehead atoms. The van der Waals surface area contributed by atoms with Crippen molar-refractivity contribution >= 4 is 11.4 Å². The molecule has 1 aliphatic heterocycles. The van der Waals surface area contributed by atoms with Gasteiger partial charge in [0.1, 0.15) is 0 Å². The largest absolute Gasteiger partial charge is 0.341 e. The molecule has 0 radical (unpaired) electrons. The average molecular weight is 266 g/mol. The molecule has 3 rings (SSSR count). The van der Waals surface area contributed by atoms with E-state index in [2.05, 4.69) is 60.4 Å². The first-order valence-electron chi connectivity index (χ1n) is 7.36. The highest BCUT2D eigenvalue weighted by Crippen LogP contribution is 2.35. The van der Waals surface area contributed by atoms with Crippen molar-refractivity contribution in [3.8, 4) is 0 Å². The molecule has 0 amide bonds. The van der Waals surface area contributed by atoms with Crippen LogP contribution in [0.15, 0.2) is 48.5 Å². The first-order chi connectivity index (χ1) is 9.65. The minimum absolute atomic E-state index is 0.0941. The topological polar surface area (TPSA) is 29.3 Å². The molecular weight excluding hydrogens is 244 g/mol. The van der Waals surface area contributed by atoms with Crippen LogP contribution in [0.5, 0.6) is 0 Å². The molecule has 2 atom stereocenters. The highest BCUT2D eigenvalue weighted by molar-refractivity contribution is 5.68. The highest BCUT2D eigenvalue weighted by Gasteiger charge is 2.22. The maximum Gasteiger partial charge on any atom is 0.0443 e. The van der Waals surface area contributed by atoms with E-state index in [0.717, 1.165) is 6.54 Å². The van der Waals surface area contributed by atoms with Crippen molar-refractivity contribution in [2.24, 2.45) is 11.7 Å². The zero-order valence-electron chi connectivity index (χ0n) is 12.2. The summed E-state index contributed by atoms with van der Waals surface area (Å²) in [6, 6.07) is 17.5. The molecule has 2 aromatic rings. The number of nitrogens with two attached hydrogens (primary N) is 1. The van der Waals surface area contributed by atoms with Gasteiger partial charge in [0, 0.05) is 24.0 Å². The molecule has 2 nitrogen and oxygen atoms in total. The third kappa shape index (κ3) is 2.44. The quantitative estimate of drug-likeness (QED) is 0.889. The summed E-state index contributed by atoms with van der Waals surface area (Å²) >= 11 is 0. The van der Waals surface area contributed by atoms with Gasteiger partial charge in [0.05, 0.1) is 0 Å². The third-order valence-electron chi connectivity index (χ3n) is 4.08. The second-order valence-electron chi connectivity index (χ2n) is 5.93. The predicted octanol–water partition coefficient (Wildman–Crippen LogP) is 4.04. The number of para-hydroxylation sites is 1. The van der Waals surface area contributed by atoms with Crippen molar-refractivity contribution in [2.75, 3.05) is 11.4 Å². The van der Waals surface area contributed by atoms with E-state index >= 15 is 0 Å². The van der Waals surface area contributed by atoms with Gasteiger partial charge in [-0.1, -0.05) is 37.3 Å². The lowest BCUT2D eigenvalue weighted by Gasteiger charge is -2.35. The first-order valence-corrected chi connectivity index (χ1v) is 7.36. The van der Waals surface area contributed by atoms with E-state index in [4.69, 9.17) is 5.73 Å². The Morgan fingerprint density at radius 3 is 2.50 bits per heavy atom. The van der Waals surface area contributed by atoms with Crippen LogP contribution in [-0.2, 0) is 6.42 Å². The van der Waals surface area contributed by atoms with Crippen LogP contribution in [0.1, 0.15) is 31.0 Å². The molecule has 1 unspecified atom stereocenters. The maximum absolute atomic E-state index is 5.93. The number of benzene rings is 2. The van der Waals surface area contributed by atoms with Crippen LogP contribution in [0.3, 0.4) is 0 Å². The fourth-order valence-corrected chi connectivity index (χ4v) is 3.00. The van der Waals surface area contributed by atoms with Crippen molar-refractivity contribution in [3.05, 3.63) is 59.7 Å². The summed E-state index contributed by atoms with van der Waals surface area (Å²) in [6.45, 7) is 5.42. The zero-order chi connectivity index (χ0) is 14.1. The van der Waals surface area contributed by atoms with Gasteiger partial charge in [0.25, 0.3) is 0 Å². The molecule has 0 aromatic heterocycles. The van der Waals surface area contributed by atoms with E-state index in [1.54, 1.807) is 0 Å². The molecule has 20 heavy (non-hydrogen) atoms. The van der Waals surface area contributed by atoms with Gasteiger partial charge in [0.2, 0.25) is 0 Å². The van der Waals surface area contributed by atoms with Crippen molar-refractivity contribution in [3.63, 3.8) is 0 Å². The number of fused-ring (bicyclic) bond motifs is 1. The molecule has 0 spiro atoms. The van der Waals surface area contributed by atoms with Gasteiger partial charge >= 0.3 is 0 Å². The Labute approximate surface area is 121 Å². The van der Waals surface area contributed by atoms with Crippen molar-refractivity contribution < 1.29 is 0 Å². The van der Waals surface area contributed by atoms with E-state index in [0.29, 0.717) is 5.92 Å². The molecule has 0 saturated heterocycles. The van der Waals surface area contributed by atoms with E-state index in [-0.39, 0.29) is 6.04 Å². The standard InChI is InChI=1S/C18H22N2/c1-13-11-16-5-3-4-6-18(16)20(12-13)17-9-7-15(8-10-17)14(2)19/h3-10,13-14H,11-12,19H2,1-2H3/t13?,14-/m1/s1. The third-order valence-corrected chi connectivity index (χ3v) is 4.08. The minimum Gasteiger partial charge on any atom is -0.341 e. The Morgan fingerprint density at radius 2 is 1.80 bits per heavy atom. The number of anilines is 2. The van der Waals surface area contributed by atoms with E-state index in [9.17, 15) is 0 Å². The maximum atomic E-state index is 5.93. The van der Waals surface area contributed by atoms with Crippen LogP contribution in [0.2, 0.25) is 0 Å². The number of hydrogen-bond donors (Lipinski definition) is 1. The molecular formula is C18H22N2. The molecule has 2 N–H and O–H groups in total. The van der Waals surface area contributed by atoms with E-state index in [1.807, 2.05) is 6.92 Å². The van der Waals surface area contributed by atoms with Gasteiger partial charge in [-0.25, -0.2) is 0 Å². The van der Waals surface area contributed by atoms with Crippen molar-refractivity contribution in [1.29, 1.82) is 0 Å². The lowest BCUT2D eigenvalue weighted by atomic mass is 9.93. The molecule has 104 valence electrons. The van der Waals surface area contributed by atoms with Crippen LogP contribution >= 0.6 is 0 Å². The summed E-state index contributed by atoms with van der Waals surface area (Å²) in [5.74, 6) is 0.679. The van der Waals surface area contributed by atoms with Gasteiger partial charge in [-0.15, -0.1) is 0 Å². The fraction of sp³-hybridized carbons (Fsp3) is 0.333. The lowest BCUT2D eigenvalue weighted by molar-refractivity contribution is 0.562. The van der Waals surface area contributed by atoms with Crippen molar-refractivity contribution in [1.82, 2.24) is 0 Å². The molecule has 0 fully saturated rings. The Bertz CT molecular complexity index is 587. The summed E-state index contributed by atoms with van der Waals surface area (Å²) < 4.78 is 0. The number of nitrogens with zero attached hydrogens (tertiary/aromatic N) is 1. The lowest BCUT2D eigenvalue weighted by Crippen LogP contribution is -2.30. The highest BCUT2D eigenvalue weighted by atomic mass is 15.1. The summed E-state index contributed by atoms with van der Waals surface area (Å²) in [5.41, 5.74) is 11.2.